The second-order valence-electron chi connectivity index (χ2n) is 5.25. The number of para-hydroxylation sites is 1. The van der Waals surface area contributed by atoms with Crippen molar-refractivity contribution in [3.8, 4) is 11.5 Å². The number of rotatable bonds is 2. The maximum Gasteiger partial charge on any atom is 0.177 e. The summed E-state index contributed by atoms with van der Waals surface area (Å²) in [4.78, 5) is 0. The van der Waals surface area contributed by atoms with Crippen molar-refractivity contribution in [1.29, 1.82) is 0 Å². The highest BCUT2D eigenvalue weighted by Crippen LogP contribution is 2.40. The fraction of sp³-hybridized carbons (Fsp3) is 0.235. The van der Waals surface area contributed by atoms with Crippen LogP contribution in [0.15, 0.2) is 53.6 Å². The zero-order valence-corrected chi connectivity index (χ0v) is 11.8. The Labute approximate surface area is 123 Å². The number of hydrogen-bond donors (Lipinski definition) is 0. The standard InChI is InChI=1S/C17H16N2O2/c1-20-13-8-6-12(7-9-13)15-10-16-14-4-2-3-5-17(14)21-11-19(16)18-15/h2-9,16H,10-11H2,1H3/t16-/m1/s1. The van der Waals surface area contributed by atoms with E-state index in [1.54, 1.807) is 7.11 Å². The molecule has 0 bridgehead atoms. The molecule has 2 aliphatic rings. The number of nitrogens with zero attached hydrogens (tertiary/aromatic N) is 2. The molecule has 2 aliphatic heterocycles. The Hall–Kier alpha value is -2.49. The Kier molecular flexibility index (Phi) is 2.81. The summed E-state index contributed by atoms with van der Waals surface area (Å²) in [6, 6.07) is 16.6. The first-order chi connectivity index (χ1) is 10.3. The average Bonchev–Trinajstić information content (AvgIpc) is 2.99. The first-order valence-corrected chi connectivity index (χ1v) is 7.05. The molecule has 21 heavy (non-hydrogen) atoms. The number of benzene rings is 2. The van der Waals surface area contributed by atoms with Gasteiger partial charge in [-0.2, -0.15) is 5.10 Å². The van der Waals surface area contributed by atoms with Crippen molar-refractivity contribution >= 4 is 5.71 Å². The highest BCUT2D eigenvalue weighted by Gasteiger charge is 2.33. The third-order valence-corrected chi connectivity index (χ3v) is 4.05. The maximum absolute atomic E-state index is 5.76. The number of methoxy groups -OCH3 is 1. The van der Waals surface area contributed by atoms with E-state index < -0.39 is 0 Å². The third kappa shape index (κ3) is 2.03. The Morgan fingerprint density at radius 2 is 1.95 bits per heavy atom. The van der Waals surface area contributed by atoms with E-state index in [9.17, 15) is 0 Å². The zero-order chi connectivity index (χ0) is 14.2. The number of fused-ring (bicyclic) bond motifs is 3. The highest BCUT2D eigenvalue weighted by atomic mass is 16.5. The van der Waals surface area contributed by atoms with Crippen LogP contribution in [0, 0.1) is 0 Å². The third-order valence-electron chi connectivity index (χ3n) is 4.05. The van der Waals surface area contributed by atoms with E-state index >= 15 is 0 Å². The van der Waals surface area contributed by atoms with Crippen molar-refractivity contribution in [2.24, 2.45) is 5.10 Å². The zero-order valence-electron chi connectivity index (χ0n) is 11.8. The summed E-state index contributed by atoms with van der Waals surface area (Å²) >= 11 is 0. The summed E-state index contributed by atoms with van der Waals surface area (Å²) < 4.78 is 11.0. The minimum Gasteiger partial charge on any atom is -0.497 e. The second-order valence-corrected chi connectivity index (χ2v) is 5.25. The molecule has 0 N–H and O–H groups in total. The Bertz CT molecular complexity index is 694. The van der Waals surface area contributed by atoms with Gasteiger partial charge in [0, 0.05) is 12.0 Å². The summed E-state index contributed by atoms with van der Waals surface area (Å²) in [6.45, 7) is 0.515. The van der Waals surface area contributed by atoms with Gasteiger partial charge >= 0.3 is 0 Å². The first kappa shape index (κ1) is 12.3. The lowest BCUT2D eigenvalue weighted by atomic mass is 9.97. The molecule has 1 atom stereocenters. The van der Waals surface area contributed by atoms with Gasteiger partial charge in [-0.1, -0.05) is 18.2 Å². The van der Waals surface area contributed by atoms with Gasteiger partial charge in [-0.05, 0) is 35.9 Å². The van der Waals surface area contributed by atoms with E-state index in [4.69, 9.17) is 14.6 Å². The van der Waals surface area contributed by atoms with Crippen molar-refractivity contribution in [3.05, 3.63) is 59.7 Å². The van der Waals surface area contributed by atoms with Crippen molar-refractivity contribution in [1.82, 2.24) is 5.01 Å². The van der Waals surface area contributed by atoms with Gasteiger partial charge in [-0.3, -0.25) is 5.01 Å². The summed E-state index contributed by atoms with van der Waals surface area (Å²) in [6.07, 6.45) is 0.909. The predicted octanol–water partition coefficient (Wildman–Crippen LogP) is 3.20. The monoisotopic (exact) mass is 280 g/mol. The average molecular weight is 280 g/mol. The van der Waals surface area contributed by atoms with Crippen LogP contribution in [-0.2, 0) is 0 Å². The summed E-state index contributed by atoms with van der Waals surface area (Å²) in [5.74, 6) is 1.84. The van der Waals surface area contributed by atoms with Crippen LogP contribution in [0.1, 0.15) is 23.6 Å². The van der Waals surface area contributed by atoms with Gasteiger partial charge < -0.3 is 9.47 Å². The Morgan fingerprint density at radius 1 is 1.14 bits per heavy atom. The predicted molar refractivity (Wildman–Crippen MR) is 80.7 cm³/mol. The van der Waals surface area contributed by atoms with Crippen LogP contribution in [0.5, 0.6) is 11.5 Å². The minimum absolute atomic E-state index is 0.284. The van der Waals surface area contributed by atoms with Crippen LogP contribution in [0.4, 0.5) is 0 Å². The van der Waals surface area contributed by atoms with Gasteiger partial charge in [0.05, 0.1) is 18.9 Å². The summed E-state index contributed by atoms with van der Waals surface area (Å²) in [5, 5.41) is 6.75. The van der Waals surface area contributed by atoms with Crippen molar-refractivity contribution in [3.63, 3.8) is 0 Å². The van der Waals surface area contributed by atoms with Crippen molar-refractivity contribution in [2.75, 3.05) is 13.8 Å². The fourth-order valence-electron chi connectivity index (χ4n) is 2.93. The number of hydrazone groups is 1. The minimum atomic E-state index is 0.284. The molecule has 0 aliphatic carbocycles. The number of ether oxygens (including phenoxy) is 2. The molecule has 106 valence electrons. The molecular formula is C17H16N2O2. The molecular weight excluding hydrogens is 264 g/mol. The second kappa shape index (κ2) is 4.81. The van der Waals surface area contributed by atoms with Gasteiger partial charge in [-0.15, -0.1) is 0 Å². The van der Waals surface area contributed by atoms with Gasteiger partial charge in [0.1, 0.15) is 11.5 Å². The fourth-order valence-corrected chi connectivity index (χ4v) is 2.93. The van der Waals surface area contributed by atoms with Crippen LogP contribution < -0.4 is 9.47 Å². The van der Waals surface area contributed by atoms with Gasteiger partial charge in [-0.25, -0.2) is 0 Å². The molecule has 2 heterocycles. The Morgan fingerprint density at radius 3 is 2.76 bits per heavy atom. The lowest BCUT2D eigenvalue weighted by Gasteiger charge is -2.30. The molecule has 0 spiro atoms. The summed E-state index contributed by atoms with van der Waals surface area (Å²) in [5.41, 5.74) is 3.46. The van der Waals surface area contributed by atoms with E-state index in [0.717, 1.165) is 29.2 Å². The smallest absolute Gasteiger partial charge is 0.177 e. The van der Waals surface area contributed by atoms with Gasteiger partial charge in [0.15, 0.2) is 6.73 Å². The SMILES string of the molecule is COc1ccc(C2=NN3COc4ccccc4[C@H]3C2)cc1. The molecule has 2 aromatic rings. The first-order valence-electron chi connectivity index (χ1n) is 7.05. The topological polar surface area (TPSA) is 34.1 Å². The lowest BCUT2D eigenvalue weighted by Crippen LogP contribution is -2.29. The molecule has 0 fully saturated rings. The number of hydrogen-bond acceptors (Lipinski definition) is 4. The highest BCUT2D eigenvalue weighted by molar-refractivity contribution is 6.02. The quantitative estimate of drug-likeness (QED) is 0.847. The largest absolute Gasteiger partial charge is 0.497 e. The molecule has 4 rings (SSSR count). The molecule has 4 nitrogen and oxygen atoms in total. The molecule has 0 saturated heterocycles. The van der Waals surface area contributed by atoms with Crippen molar-refractivity contribution in [2.45, 2.75) is 12.5 Å². The molecule has 2 aromatic carbocycles. The molecule has 0 radical (unpaired) electrons. The molecule has 0 amide bonds. The van der Waals surface area contributed by atoms with Crippen LogP contribution in [-0.4, -0.2) is 24.6 Å². The van der Waals surface area contributed by atoms with Crippen LogP contribution in [0.3, 0.4) is 0 Å². The normalized spacial score (nSPS) is 19.4. The lowest BCUT2D eigenvalue weighted by molar-refractivity contribution is 0.0750. The molecule has 0 unspecified atom stereocenters. The van der Waals surface area contributed by atoms with Gasteiger partial charge in [0.25, 0.3) is 0 Å². The van der Waals surface area contributed by atoms with Crippen LogP contribution in [0.2, 0.25) is 0 Å². The Balaban J connectivity index is 1.63. The van der Waals surface area contributed by atoms with E-state index in [1.807, 2.05) is 29.3 Å². The van der Waals surface area contributed by atoms with E-state index in [1.165, 1.54) is 5.56 Å². The molecule has 4 heteroatoms. The van der Waals surface area contributed by atoms with Crippen LogP contribution >= 0.6 is 0 Å². The van der Waals surface area contributed by atoms with E-state index in [0.29, 0.717) is 6.73 Å². The van der Waals surface area contributed by atoms with Crippen molar-refractivity contribution < 1.29 is 9.47 Å². The maximum atomic E-state index is 5.76. The van der Waals surface area contributed by atoms with Gasteiger partial charge in [0.2, 0.25) is 0 Å². The molecule has 0 saturated carbocycles. The molecule has 0 aromatic heterocycles. The van der Waals surface area contributed by atoms with E-state index in [-0.39, 0.29) is 6.04 Å². The van der Waals surface area contributed by atoms with Crippen LogP contribution in [0.25, 0.3) is 0 Å². The van der Waals surface area contributed by atoms with E-state index in [2.05, 4.69) is 24.3 Å². The summed E-state index contributed by atoms with van der Waals surface area (Å²) in [7, 11) is 1.68.